The molecule has 1 aromatic rings. The van der Waals surface area contributed by atoms with Crippen LogP contribution in [-0.4, -0.2) is 36.4 Å². The van der Waals surface area contributed by atoms with Crippen molar-refractivity contribution in [2.45, 2.75) is 6.92 Å². The molecule has 124 valence electrons. The van der Waals surface area contributed by atoms with Gasteiger partial charge in [-0.1, -0.05) is 0 Å². The molecular weight excluding hydrogens is 320 g/mol. The maximum Gasteiger partial charge on any atom is 0.513 e. The van der Waals surface area contributed by atoms with Crippen molar-refractivity contribution in [3.63, 3.8) is 0 Å². The first-order valence-electron chi connectivity index (χ1n) is 5.70. The summed E-state index contributed by atoms with van der Waals surface area (Å²) < 4.78 is 17.7. The molecule has 0 aliphatic heterocycles. The van der Waals surface area contributed by atoms with Crippen molar-refractivity contribution < 1.29 is 38.4 Å². The maximum atomic E-state index is 11.2. The van der Waals surface area contributed by atoms with Crippen LogP contribution in [0.2, 0.25) is 0 Å². The summed E-state index contributed by atoms with van der Waals surface area (Å²) in [5.41, 5.74) is -2.09. The van der Waals surface area contributed by atoms with E-state index in [1.54, 1.807) is 0 Å². The van der Waals surface area contributed by atoms with Gasteiger partial charge in [0, 0.05) is 5.56 Å². The van der Waals surface area contributed by atoms with Crippen LogP contribution in [0.1, 0.15) is 5.56 Å². The second-order valence-electron chi connectivity index (χ2n) is 3.82. The molecule has 0 aliphatic carbocycles. The third-order valence-corrected chi connectivity index (χ3v) is 2.52. The number of nitro benzene ring substituents is 2. The Morgan fingerprint density at radius 3 is 1.52 bits per heavy atom. The molecule has 0 atom stereocenters. The molecule has 12 nitrogen and oxygen atoms in total. The lowest BCUT2D eigenvalue weighted by atomic mass is 10.1. The zero-order valence-corrected chi connectivity index (χ0v) is 12.1. The summed E-state index contributed by atoms with van der Waals surface area (Å²) in [7, 11) is 1.92. The molecule has 12 heteroatoms. The van der Waals surface area contributed by atoms with Crippen molar-refractivity contribution >= 4 is 23.7 Å². The zero-order valence-electron chi connectivity index (χ0n) is 12.1. The maximum absolute atomic E-state index is 11.2. The van der Waals surface area contributed by atoms with Gasteiger partial charge in [-0.3, -0.25) is 20.2 Å². The minimum atomic E-state index is -1.30. The summed E-state index contributed by atoms with van der Waals surface area (Å²) in [6, 6.07) is 0.490. The number of methoxy groups -OCH3 is 2. The Hall–Kier alpha value is -3.44. The number of nitrogens with zero attached hydrogens (tertiary/aromatic N) is 2. The molecule has 0 saturated heterocycles. The number of carbonyl (C=O) groups is 2. The molecule has 0 aromatic heterocycles. The third kappa shape index (κ3) is 3.81. The zero-order chi connectivity index (χ0) is 17.7. The fraction of sp³-hybridized carbons (Fsp3) is 0.273. The Labute approximate surface area is 127 Å². The molecular formula is C11H10N2O10. The van der Waals surface area contributed by atoms with Gasteiger partial charge >= 0.3 is 23.7 Å². The first-order valence-corrected chi connectivity index (χ1v) is 5.70. The highest BCUT2D eigenvalue weighted by atomic mass is 16.7. The highest BCUT2D eigenvalue weighted by Gasteiger charge is 2.33. The van der Waals surface area contributed by atoms with Crippen molar-refractivity contribution in [1.82, 2.24) is 0 Å². The fourth-order valence-corrected chi connectivity index (χ4v) is 1.53. The van der Waals surface area contributed by atoms with E-state index in [-0.39, 0.29) is 5.56 Å². The molecule has 0 radical (unpaired) electrons. The molecule has 0 bridgehead atoms. The quantitative estimate of drug-likeness (QED) is 0.346. The first kappa shape index (κ1) is 17.6. The predicted octanol–water partition coefficient (Wildman–Crippen LogP) is 2.10. The Morgan fingerprint density at radius 1 is 0.913 bits per heavy atom. The van der Waals surface area contributed by atoms with Gasteiger partial charge in [-0.2, -0.15) is 0 Å². The standard InChI is InChI=1S/C11H10N2O10/c1-5-8(22-10(14)20-2)6(12(16)17)4-7(13(18)19)9(5)23-11(15)21-3/h4H,1-3H3. The van der Waals surface area contributed by atoms with Crippen molar-refractivity contribution in [1.29, 1.82) is 0 Å². The van der Waals surface area contributed by atoms with Crippen LogP contribution in [0, 0.1) is 27.2 Å². The van der Waals surface area contributed by atoms with Crippen LogP contribution in [0.25, 0.3) is 0 Å². The van der Waals surface area contributed by atoms with E-state index in [4.69, 9.17) is 0 Å². The van der Waals surface area contributed by atoms with Gasteiger partial charge in [0.15, 0.2) is 0 Å². The molecule has 0 amide bonds. The van der Waals surface area contributed by atoms with Crippen LogP contribution in [0.5, 0.6) is 11.5 Å². The average molecular weight is 330 g/mol. The largest absolute Gasteiger partial charge is 0.513 e. The summed E-state index contributed by atoms with van der Waals surface area (Å²) in [6.45, 7) is 1.12. The smallest absolute Gasteiger partial charge is 0.437 e. The normalized spacial score (nSPS) is 9.70. The van der Waals surface area contributed by atoms with Crippen LogP contribution in [0.4, 0.5) is 21.0 Å². The van der Waals surface area contributed by atoms with Gasteiger partial charge in [0.2, 0.25) is 11.5 Å². The van der Waals surface area contributed by atoms with E-state index in [1.165, 1.54) is 0 Å². The molecule has 0 spiro atoms. The highest BCUT2D eigenvalue weighted by Crippen LogP contribution is 2.43. The molecule has 0 heterocycles. The Balaban J connectivity index is 3.63. The monoisotopic (exact) mass is 330 g/mol. The van der Waals surface area contributed by atoms with E-state index in [0.717, 1.165) is 21.1 Å². The molecule has 0 saturated carbocycles. The summed E-state index contributed by atoms with van der Waals surface area (Å²) >= 11 is 0. The average Bonchev–Trinajstić information content (AvgIpc) is 2.49. The lowest BCUT2D eigenvalue weighted by Gasteiger charge is -2.11. The van der Waals surface area contributed by atoms with Gasteiger partial charge in [-0.15, -0.1) is 0 Å². The van der Waals surface area contributed by atoms with Crippen molar-refractivity contribution in [2.24, 2.45) is 0 Å². The van der Waals surface area contributed by atoms with Crippen LogP contribution < -0.4 is 9.47 Å². The highest BCUT2D eigenvalue weighted by molar-refractivity contribution is 5.75. The van der Waals surface area contributed by atoms with Crippen molar-refractivity contribution in [2.75, 3.05) is 14.2 Å². The third-order valence-electron chi connectivity index (χ3n) is 2.52. The number of hydrogen-bond donors (Lipinski definition) is 0. The summed E-state index contributed by atoms with van der Waals surface area (Å²) in [6.07, 6.45) is -2.59. The fourth-order valence-electron chi connectivity index (χ4n) is 1.53. The second-order valence-corrected chi connectivity index (χ2v) is 3.82. The lowest BCUT2D eigenvalue weighted by Crippen LogP contribution is -2.14. The van der Waals surface area contributed by atoms with E-state index in [9.17, 15) is 29.8 Å². The lowest BCUT2D eigenvalue weighted by molar-refractivity contribution is -0.395. The number of carbonyl (C=O) groups excluding carboxylic acids is 2. The molecule has 0 unspecified atom stereocenters. The minimum absolute atomic E-state index is 0.332. The number of benzene rings is 1. The van der Waals surface area contributed by atoms with E-state index in [2.05, 4.69) is 18.9 Å². The second kappa shape index (κ2) is 7.02. The van der Waals surface area contributed by atoms with Gasteiger partial charge in [0.25, 0.3) is 0 Å². The Bertz CT molecular complexity index is 630. The van der Waals surface area contributed by atoms with E-state index in [1.807, 2.05) is 0 Å². The Kier molecular flexibility index (Phi) is 5.37. The molecule has 23 heavy (non-hydrogen) atoms. The summed E-state index contributed by atoms with van der Waals surface area (Å²) in [5.74, 6) is -1.32. The SMILES string of the molecule is COC(=O)Oc1c([N+](=O)[O-])cc([N+](=O)[O-])c(OC(=O)OC)c1C. The van der Waals surface area contributed by atoms with Crippen LogP contribution in [-0.2, 0) is 9.47 Å². The molecule has 1 aromatic carbocycles. The molecule has 0 N–H and O–H groups in total. The van der Waals surface area contributed by atoms with E-state index in [0.29, 0.717) is 6.07 Å². The van der Waals surface area contributed by atoms with Gasteiger partial charge < -0.3 is 18.9 Å². The number of rotatable bonds is 4. The van der Waals surface area contributed by atoms with Crippen molar-refractivity contribution in [3.05, 3.63) is 31.9 Å². The topological polar surface area (TPSA) is 157 Å². The van der Waals surface area contributed by atoms with Gasteiger partial charge in [-0.25, -0.2) is 9.59 Å². The number of hydrogen-bond acceptors (Lipinski definition) is 10. The van der Waals surface area contributed by atoms with Crippen LogP contribution >= 0.6 is 0 Å². The Morgan fingerprint density at radius 2 is 1.26 bits per heavy atom. The van der Waals surface area contributed by atoms with Crippen molar-refractivity contribution in [3.8, 4) is 11.5 Å². The van der Waals surface area contributed by atoms with Crippen LogP contribution in [0.15, 0.2) is 6.07 Å². The van der Waals surface area contributed by atoms with E-state index < -0.39 is 45.0 Å². The molecule has 0 aliphatic rings. The van der Waals surface area contributed by atoms with Gasteiger partial charge in [0.1, 0.15) is 6.07 Å². The summed E-state index contributed by atoms with van der Waals surface area (Å²) in [4.78, 5) is 42.4. The number of ether oxygens (including phenoxy) is 4. The van der Waals surface area contributed by atoms with Gasteiger partial charge in [0.05, 0.1) is 24.1 Å². The molecule has 1 rings (SSSR count). The van der Waals surface area contributed by atoms with E-state index >= 15 is 0 Å². The minimum Gasteiger partial charge on any atom is -0.437 e. The predicted molar refractivity (Wildman–Crippen MR) is 70.6 cm³/mol. The number of nitro groups is 2. The summed E-state index contributed by atoms with van der Waals surface area (Å²) in [5, 5.41) is 22.1. The van der Waals surface area contributed by atoms with Gasteiger partial charge in [-0.05, 0) is 6.92 Å². The first-order chi connectivity index (χ1) is 10.7. The van der Waals surface area contributed by atoms with Crippen LogP contribution in [0.3, 0.4) is 0 Å². The molecule has 0 fully saturated rings.